The Hall–Kier alpha value is -0.570. The Labute approximate surface area is 121 Å². The second-order valence-corrected chi connectivity index (χ2v) is 6.59. The van der Waals surface area contributed by atoms with Gasteiger partial charge in [0.25, 0.3) is 0 Å². The van der Waals surface area contributed by atoms with Crippen LogP contribution in [0.1, 0.15) is 44.7 Å². The van der Waals surface area contributed by atoms with Gasteiger partial charge >= 0.3 is 0 Å². The van der Waals surface area contributed by atoms with Crippen LogP contribution in [-0.2, 0) is 0 Å². The summed E-state index contributed by atoms with van der Waals surface area (Å²) in [5.41, 5.74) is 1.28. The second-order valence-electron chi connectivity index (χ2n) is 6.15. The van der Waals surface area contributed by atoms with Crippen LogP contribution in [-0.4, -0.2) is 29.6 Å². The average Bonchev–Trinajstić information content (AvgIpc) is 3.14. The Bertz CT molecular complexity index is 444. The molecule has 1 heterocycles. The van der Waals surface area contributed by atoms with Crippen molar-refractivity contribution in [2.24, 2.45) is 0 Å². The van der Waals surface area contributed by atoms with E-state index in [1.54, 1.807) is 0 Å². The number of halogens is 1. The standard InChI is InChI=1S/C16H23ClN2/c1-11-8-15(10-19(11)16-6-7-16)18-12(2)13-4-3-5-14(17)9-13/h3-5,9,11-12,15-16,18H,6-8,10H2,1-2H3/t11?,12-,15?/m0/s1. The fourth-order valence-electron chi connectivity index (χ4n) is 3.32. The van der Waals surface area contributed by atoms with Crippen LogP contribution in [0.4, 0.5) is 0 Å². The molecule has 1 aliphatic heterocycles. The minimum absolute atomic E-state index is 0.370. The van der Waals surface area contributed by atoms with E-state index in [-0.39, 0.29) is 0 Å². The molecule has 19 heavy (non-hydrogen) atoms. The molecule has 1 aromatic carbocycles. The summed E-state index contributed by atoms with van der Waals surface area (Å²) in [6.07, 6.45) is 4.07. The highest BCUT2D eigenvalue weighted by Gasteiger charge is 2.38. The van der Waals surface area contributed by atoms with Gasteiger partial charge in [0.2, 0.25) is 0 Å². The fourth-order valence-corrected chi connectivity index (χ4v) is 3.52. The lowest BCUT2D eigenvalue weighted by molar-refractivity contribution is 0.254. The molecule has 2 nitrogen and oxygen atoms in total. The Morgan fingerprint density at radius 3 is 2.84 bits per heavy atom. The topological polar surface area (TPSA) is 15.3 Å². The molecule has 1 aromatic rings. The third-order valence-corrected chi connectivity index (χ3v) is 4.71. The molecule has 104 valence electrons. The van der Waals surface area contributed by atoms with E-state index in [1.165, 1.54) is 31.4 Å². The highest BCUT2D eigenvalue weighted by Crippen LogP contribution is 2.33. The number of rotatable bonds is 4. The van der Waals surface area contributed by atoms with Gasteiger partial charge < -0.3 is 5.32 Å². The summed E-state index contributed by atoms with van der Waals surface area (Å²) >= 11 is 6.07. The van der Waals surface area contributed by atoms with E-state index in [2.05, 4.69) is 36.2 Å². The van der Waals surface area contributed by atoms with E-state index in [1.807, 2.05) is 12.1 Å². The van der Waals surface area contributed by atoms with Crippen molar-refractivity contribution >= 4 is 11.6 Å². The molecule has 1 saturated carbocycles. The first-order chi connectivity index (χ1) is 9.13. The van der Waals surface area contributed by atoms with Gasteiger partial charge in [0, 0.05) is 35.7 Å². The van der Waals surface area contributed by atoms with Crippen molar-refractivity contribution in [2.45, 2.75) is 57.3 Å². The van der Waals surface area contributed by atoms with Crippen molar-refractivity contribution < 1.29 is 0 Å². The molecule has 0 radical (unpaired) electrons. The van der Waals surface area contributed by atoms with Crippen molar-refractivity contribution in [3.05, 3.63) is 34.9 Å². The summed E-state index contributed by atoms with van der Waals surface area (Å²) < 4.78 is 0. The summed E-state index contributed by atoms with van der Waals surface area (Å²) in [6, 6.07) is 10.8. The largest absolute Gasteiger partial charge is 0.306 e. The quantitative estimate of drug-likeness (QED) is 0.905. The van der Waals surface area contributed by atoms with Crippen LogP contribution < -0.4 is 5.32 Å². The number of hydrogen-bond acceptors (Lipinski definition) is 2. The third-order valence-electron chi connectivity index (χ3n) is 4.47. The zero-order chi connectivity index (χ0) is 13.4. The van der Waals surface area contributed by atoms with Gasteiger partial charge in [0.1, 0.15) is 0 Å². The Morgan fingerprint density at radius 2 is 2.16 bits per heavy atom. The zero-order valence-electron chi connectivity index (χ0n) is 11.8. The molecule has 3 rings (SSSR count). The number of benzene rings is 1. The van der Waals surface area contributed by atoms with Gasteiger partial charge in [0.15, 0.2) is 0 Å². The van der Waals surface area contributed by atoms with Crippen molar-refractivity contribution in [2.75, 3.05) is 6.54 Å². The number of nitrogens with one attached hydrogen (secondary N) is 1. The maximum absolute atomic E-state index is 6.07. The molecule has 1 saturated heterocycles. The molecule has 2 unspecified atom stereocenters. The van der Waals surface area contributed by atoms with Crippen LogP contribution in [0.3, 0.4) is 0 Å². The SMILES string of the molecule is CC1CC(N[C@@H](C)c2cccc(Cl)c2)CN1C1CC1. The number of nitrogens with zero attached hydrogens (tertiary/aromatic N) is 1. The van der Waals surface area contributed by atoms with Crippen LogP contribution >= 0.6 is 11.6 Å². The van der Waals surface area contributed by atoms with Gasteiger partial charge in [-0.05, 0) is 50.8 Å². The molecule has 1 N–H and O–H groups in total. The number of hydrogen-bond donors (Lipinski definition) is 1. The van der Waals surface area contributed by atoms with Gasteiger partial charge in [0.05, 0.1) is 0 Å². The lowest BCUT2D eigenvalue weighted by Crippen LogP contribution is -2.35. The Kier molecular flexibility index (Phi) is 3.84. The van der Waals surface area contributed by atoms with E-state index in [9.17, 15) is 0 Å². The average molecular weight is 279 g/mol. The molecule has 0 bridgehead atoms. The monoisotopic (exact) mass is 278 g/mol. The third kappa shape index (κ3) is 3.13. The maximum Gasteiger partial charge on any atom is 0.0409 e. The molecule has 1 aliphatic carbocycles. The van der Waals surface area contributed by atoms with E-state index in [0.717, 1.165) is 17.1 Å². The highest BCUT2D eigenvalue weighted by atomic mass is 35.5. The first-order valence-electron chi connectivity index (χ1n) is 7.40. The maximum atomic E-state index is 6.07. The number of likely N-dealkylation sites (tertiary alicyclic amines) is 1. The van der Waals surface area contributed by atoms with Crippen LogP contribution in [0, 0.1) is 0 Å². The highest BCUT2D eigenvalue weighted by molar-refractivity contribution is 6.30. The zero-order valence-corrected chi connectivity index (χ0v) is 12.5. The first kappa shape index (κ1) is 13.4. The summed E-state index contributed by atoms with van der Waals surface area (Å²) in [5, 5.41) is 4.59. The molecular formula is C16H23ClN2. The van der Waals surface area contributed by atoms with Crippen LogP contribution in [0.25, 0.3) is 0 Å². The van der Waals surface area contributed by atoms with Gasteiger partial charge in [-0.2, -0.15) is 0 Å². The van der Waals surface area contributed by atoms with E-state index in [0.29, 0.717) is 12.1 Å². The van der Waals surface area contributed by atoms with E-state index in [4.69, 9.17) is 11.6 Å². The molecule has 0 spiro atoms. The fraction of sp³-hybridized carbons (Fsp3) is 0.625. The lowest BCUT2D eigenvalue weighted by atomic mass is 10.1. The van der Waals surface area contributed by atoms with Gasteiger partial charge in [-0.1, -0.05) is 23.7 Å². The normalized spacial score (nSPS) is 29.6. The Balaban J connectivity index is 1.59. The van der Waals surface area contributed by atoms with Crippen molar-refractivity contribution in [1.82, 2.24) is 10.2 Å². The van der Waals surface area contributed by atoms with Gasteiger partial charge in [-0.3, -0.25) is 4.90 Å². The lowest BCUT2D eigenvalue weighted by Gasteiger charge is -2.21. The summed E-state index contributed by atoms with van der Waals surface area (Å²) in [4.78, 5) is 2.68. The molecular weight excluding hydrogens is 256 g/mol. The van der Waals surface area contributed by atoms with Gasteiger partial charge in [-0.15, -0.1) is 0 Å². The van der Waals surface area contributed by atoms with Crippen molar-refractivity contribution in [3.63, 3.8) is 0 Å². The molecule has 0 aromatic heterocycles. The Morgan fingerprint density at radius 1 is 1.37 bits per heavy atom. The molecule has 2 aliphatic rings. The van der Waals surface area contributed by atoms with Crippen molar-refractivity contribution in [3.8, 4) is 0 Å². The molecule has 0 amide bonds. The van der Waals surface area contributed by atoms with Crippen LogP contribution in [0.15, 0.2) is 24.3 Å². The molecule has 3 heteroatoms. The smallest absolute Gasteiger partial charge is 0.0409 e. The van der Waals surface area contributed by atoms with Crippen LogP contribution in [0.5, 0.6) is 0 Å². The summed E-state index contributed by atoms with van der Waals surface area (Å²) in [6.45, 7) is 5.80. The predicted octanol–water partition coefficient (Wildman–Crippen LogP) is 3.62. The minimum Gasteiger partial charge on any atom is -0.306 e. The minimum atomic E-state index is 0.370. The predicted molar refractivity (Wildman–Crippen MR) is 80.6 cm³/mol. The second kappa shape index (κ2) is 5.43. The summed E-state index contributed by atoms with van der Waals surface area (Å²) in [5.74, 6) is 0. The van der Waals surface area contributed by atoms with E-state index < -0.39 is 0 Å². The molecule has 3 atom stereocenters. The summed E-state index contributed by atoms with van der Waals surface area (Å²) in [7, 11) is 0. The van der Waals surface area contributed by atoms with Crippen LogP contribution in [0.2, 0.25) is 5.02 Å². The first-order valence-corrected chi connectivity index (χ1v) is 7.78. The van der Waals surface area contributed by atoms with Crippen molar-refractivity contribution in [1.29, 1.82) is 0 Å². The van der Waals surface area contributed by atoms with E-state index >= 15 is 0 Å². The van der Waals surface area contributed by atoms with Gasteiger partial charge in [-0.25, -0.2) is 0 Å². The molecule has 2 fully saturated rings.